The van der Waals surface area contributed by atoms with Crippen LogP contribution >= 0.6 is 22.6 Å². The van der Waals surface area contributed by atoms with Gasteiger partial charge in [-0.2, -0.15) is 0 Å². The molecule has 0 bridgehead atoms. The molecule has 9 rings (SSSR count). The van der Waals surface area contributed by atoms with Crippen LogP contribution in [0.3, 0.4) is 0 Å². The summed E-state index contributed by atoms with van der Waals surface area (Å²) >= 11 is 1.96. The van der Waals surface area contributed by atoms with E-state index in [1.54, 1.807) is 4.57 Å². The van der Waals surface area contributed by atoms with Gasteiger partial charge in [0.15, 0.2) is 34.7 Å². The summed E-state index contributed by atoms with van der Waals surface area (Å²) in [4.78, 5) is 44.8. The van der Waals surface area contributed by atoms with E-state index in [1.165, 1.54) is 0 Å². The third kappa shape index (κ3) is 14.5. The molecule has 0 saturated carbocycles. The summed E-state index contributed by atoms with van der Waals surface area (Å²) in [7, 11) is 0. The van der Waals surface area contributed by atoms with Crippen molar-refractivity contribution in [1.82, 2.24) is 49.1 Å². The number of aromatic amines is 1. The van der Waals surface area contributed by atoms with Crippen molar-refractivity contribution in [2.45, 2.75) is 6.54 Å². The Morgan fingerprint density at radius 2 is 0.939 bits per heavy atom. The molecule has 6 N–H and O–H groups in total. The highest BCUT2D eigenvalue weighted by Crippen LogP contribution is 2.28. The van der Waals surface area contributed by atoms with Gasteiger partial charge in [0.2, 0.25) is 0 Å². The Bertz CT molecular complexity index is 2210. The van der Waals surface area contributed by atoms with E-state index in [0.29, 0.717) is 57.4 Å². The second kappa shape index (κ2) is 26.7. The molecule has 4 aliphatic rings. The average molecular weight is 1020 g/mol. The molecule has 2 aromatic carbocycles. The predicted molar refractivity (Wildman–Crippen MR) is 270 cm³/mol. The molecule has 0 amide bonds. The maximum Gasteiger partial charge on any atom is 0.327 e. The smallest absolute Gasteiger partial charge is 0.327 e. The number of rotatable bonds is 17. The summed E-state index contributed by atoms with van der Waals surface area (Å²) in [6.07, 6.45) is 0. The molecule has 4 aliphatic heterocycles. The number of nitrogen functional groups attached to an aromatic ring is 1. The maximum absolute atomic E-state index is 12.9. The SMILES string of the molecule is Nc1c(NCCN2CCOCC2)nc(-c2ccccc2)nc1NCCN1CCOCC1.O=c1[nH]c2c(NCCN3CCOCC3)nc(-c3ccccc3)nc2n1CCN1CCOCC1.[2H]CI. The molecule has 4 saturated heterocycles. The van der Waals surface area contributed by atoms with Crippen molar-refractivity contribution in [1.29, 1.82) is 0 Å². The first kappa shape index (κ1) is 48.0. The summed E-state index contributed by atoms with van der Waals surface area (Å²) in [5, 5.41) is 10.3. The molecule has 0 radical (unpaired) electrons. The van der Waals surface area contributed by atoms with Crippen LogP contribution in [0.25, 0.3) is 33.9 Å². The summed E-state index contributed by atoms with van der Waals surface area (Å²) in [6, 6.07) is 19.9. The Morgan fingerprint density at radius 1 is 0.576 bits per heavy atom. The number of nitrogens with zero attached hydrogens (tertiary/aromatic N) is 9. The number of nitrogens with two attached hydrogens (primary N) is 1. The number of anilines is 4. The molecule has 5 aromatic rings. The lowest BCUT2D eigenvalue weighted by molar-refractivity contribution is 0.0364. The Labute approximate surface area is 402 Å². The number of imidazole rings is 1. The van der Waals surface area contributed by atoms with E-state index in [0.717, 1.165) is 162 Å². The van der Waals surface area contributed by atoms with Gasteiger partial charge in [0.05, 0.1) is 52.9 Å². The van der Waals surface area contributed by atoms with E-state index in [-0.39, 0.29) is 5.69 Å². The van der Waals surface area contributed by atoms with Crippen molar-refractivity contribution in [3.05, 3.63) is 71.1 Å². The predicted octanol–water partition coefficient (Wildman–Crippen LogP) is 3.13. The quantitative estimate of drug-likeness (QED) is 0.0672. The number of nitrogens with one attached hydrogen (secondary N) is 4. The van der Waals surface area contributed by atoms with Crippen LogP contribution in [0.4, 0.5) is 23.1 Å². The first-order valence-corrected chi connectivity index (χ1v) is 24.6. The number of hydrogen-bond donors (Lipinski definition) is 5. The van der Waals surface area contributed by atoms with E-state index in [4.69, 9.17) is 46.0 Å². The van der Waals surface area contributed by atoms with Crippen molar-refractivity contribution in [2.24, 2.45) is 0 Å². The number of alkyl halides is 1. The monoisotopic (exact) mass is 1020 g/mol. The highest BCUT2D eigenvalue weighted by atomic mass is 127. The fourth-order valence-electron chi connectivity index (χ4n) is 8.07. The van der Waals surface area contributed by atoms with Crippen LogP contribution in [0.15, 0.2) is 65.5 Å². The molecule has 3 aromatic heterocycles. The lowest BCUT2D eigenvalue weighted by atomic mass is 10.2. The first-order chi connectivity index (χ1) is 33.0. The van der Waals surface area contributed by atoms with Crippen LogP contribution in [-0.4, -0.2) is 205 Å². The molecule has 358 valence electrons. The van der Waals surface area contributed by atoms with E-state index in [9.17, 15) is 4.79 Å². The minimum absolute atomic E-state index is 0.158. The summed E-state index contributed by atoms with van der Waals surface area (Å²) in [5.41, 5.74) is 10.0. The number of ether oxygens (including phenoxy) is 4. The molecule has 0 atom stereocenters. The molecule has 0 unspecified atom stereocenters. The van der Waals surface area contributed by atoms with E-state index >= 15 is 0 Å². The Balaban J connectivity index is 0.000000188. The summed E-state index contributed by atoms with van der Waals surface area (Å²) in [6.45, 7) is 20.0. The van der Waals surface area contributed by atoms with Crippen LogP contribution in [0.2, 0.25) is 0 Å². The van der Waals surface area contributed by atoms with Gasteiger partial charge in [0.25, 0.3) is 0 Å². The van der Waals surface area contributed by atoms with Gasteiger partial charge in [0, 0.05) is 117 Å². The Morgan fingerprint density at radius 3 is 1.36 bits per heavy atom. The van der Waals surface area contributed by atoms with Crippen LogP contribution in [0.1, 0.15) is 1.37 Å². The number of benzene rings is 2. The Kier molecular flexibility index (Phi) is 19.4. The number of halogens is 1. The lowest BCUT2D eigenvalue weighted by Crippen LogP contribution is -2.39. The second-order valence-electron chi connectivity index (χ2n) is 16.2. The van der Waals surface area contributed by atoms with E-state index in [2.05, 4.69) is 40.5 Å². The highest BCUT2D eigenvalue weighted by molar-refractivity contribution is 14.1. The van der Waals surface area contributed by atoms with Gasteiger partial charge in [-0.05, 0) is 4.91 Å². The molecule has 20 heteroatoms. The molecule has 4 fully saturated rings. The van der Waals surface area contributed by atoms with E-state index in [1.807, 2.05) is 83.3 Å². The average Bonchev–Trinajstić information content (AvgIpc) is 3.71. The van der Waals surface area contributed by atoms with Gasteiger partial charge in [-0.25, -0.2) is 24.7 Å². The molecule has 0 spiro atoms. The summed E-state index contributed by atoms with van der Waals surface area (Å²) < 4.78 is 29.6. The number of aromatic nitrogens is 6. The van der Waals surface area contributed by atoms with Gasteiger partial charge in [-0.3, -0.25) is 24.2 Å². The van der Waals surface area contributed by atoms with Crippen molar-refractivity contribution < 1.29 is 20.3 Å². The molecule has 19 nitrogen and oxygen atoms in total. The largest absolute Gasteiger partial charge is 0.393 e. The van der Waals surface area contributed by atoms with Crippen molar-refractivity contribution in [3.8, 4) is 22.8 Å². The zero-order valence-electron chi connectivity index (χ0n) is 39.0. The maximum atomic E-state index is 12.9. The number of hydrogen-bond acceptors (Lipinski definition) is 17. The van der Waals surface area contributed by atoms with Gasteiger partial charge in [-0.15, -0.1) is 0 Å². The highest BCUT2D eigenvalue weighted by Gasteiger charge is 2.20. The normalized spacial score (nSPS) is 17.8. The molecule has 66 heavy (non-hydrogen) atoms. The Hall–Kier alpha value is -4.52. The zero-order valence-corrected chi connectivity index (χ0v) is 40.1. The van der Waals surface area contributed by atoms with Gasteiger partial charge < -0.3 is 45.6 Å². The fraction of sp³-hybridized carbons (Fsp3) is 0.543. The van der Waals surface area contributed by atoms with Crippen LogP contribution in [0, 0.1) is 0 Å². The van der Waals surface area contributed by atoms with E-state index < -0.39 is 0 Å². The molecule has 0 aliphatic carbocycles. The van der Waals surface area contributed by atoms with Crippen LogP contribution in [-0.2, 0) is 25.5 Å². The van der Waals surface area contributed by atoms with Crippen molar-refractivity contribution in [3.63, 3.8) is 0 Å². The number of fused-ring (bicyclic) bond motifs is 1. The standard InChI is InChI=1S/C23H31N7O3.C22H33N7O2.CH3I/c31-23-25-19-21(24-6-7-28-10-14-32-15-11-28)26-20(18-4-2-1-3-5-18)27-22(19)30(23)9-8-29-12-16-33-17-13-29;23-19-21(24-6-8-28-10-14-30-15-11-28)26-20(18-4-2-1-3-5-18)27-22(19)25-7-9-29-12-16-31-17-13-29;1-2/h1-5H,6-17H2,(H,25,31)(H,24,26,27);1-5H,6-17,23H2,(H2,24,25,26,27);1H3/i;;1D. The minimum Gasteiger partial charge on any atom is -0.393 e. The molecule has 7 heterocycles. The molecular formula is C46H67IN14O5. The first-order valence-electron chi connectivity index (χ1n) is 23.8. The van der Waals surface area contributed by atoms with Gasteiger partial charge in [0.1, 0.15) is 11.2 Å². The molecular weight excluding hydrogens is 956 g/mol. The van der Waals surface area contributed by atoms with Crippen LogP contribution < -0.4 is 27.4 Å². The third-order valence-corrected chi connectivity index (χ3v) is 11.8. The number of morpholine rings is 4. The second-order valence-corrected chi connectivity index (χ2v) is 16.2. The van der Waals surface area contributed by atoms with Gasteiger partial charge in [-0.1, -0.05) is 83.3 Å². The topological polar surface area (TPSA) is 201 Å². The fourth-order valence-corrected chi connectivity index (χ4v) is 8.07. The van der Waals surface area contributed by atoms with Crippen molar-refractivity contribution in [2.75, 3.05) is 178 Å². The third-order valence-electron chi connectivity index (χ3n) is 11.8. The lowest BCUT2D eigenvalue weighted by Gasteiger charge is -2.27. The van der Waals surface area contributed by atoms with Crippen molar-refractivity contribution >= 4 is 56.9 Å². The zero-order chi connectivity index (χ0) is 46.5. The number of H-pyrrole nitrogens is 1. The summed E-state index contributed by atoms with van der Waals surface area (Å²) in [5.74, 6) is 3.29. The minimum atomic E-state index is -0.158. The van der Waals surface area contributed by atoms with Gasteiger partial charge >= 0.3 is 5.69 Å². The van der Waals surface area contributed by atoms with Crippen LogP contribution in [0.5, 0.6) is 0 Å².